The van der Waals surface area contributed by atoms with Crippen LogP contribution in [-0.2, 0) is 0 Å². The number of aliphatic hydroxyl groups is 1. The molecule has 0 bridgehead atoms. The van der Waals surface area contributed by atoms with Crippen molar-refractivity contribution in [2.45, 2.75) is 12.6 Å². The third-order valence-corrected chi connectivity index (χ3v) is 3.83. The van der Waals surface area contributed by atoms with Crippen LogP contribution in [0.4, 0.5) is 27.5 Å². The highest BCUT2D eigenvalue weighted by molar-refractivity contribution is 5.91. The first-order chi connectivity index (χ1) is 12.3. The van der Waals surface area contributed by atoms with E-state index in [-0.39, 0.29) is 13.0 Å². The number of nitrogen functional groups attached to an aromatic ring is 2. The number of nitrogens with two attached hydrogens (primary N) is 3. The van der Waals surface area contributed by atoms with Crippen molar-refractivity contribution in [3.8, 4) is 5.75 Å². The second-order valence-electron chi connectivity index (χ2n) is 6.04. The van der Waals surface area contributed by atoms with Gasteiger partial charge in [-0.05, 0) is 36.4 Å². The molecule has 0 aliphatic carbocycles. The summed E-state index contributed by atoms with van der Waals surface area (Å²) in [4.78, 5) is 14.9. The van der Waals surface area contributed by atoms with Crippen LogP contribution in [-0.4, -0.2) is 38.1 Å². The van der Waals surface area contributed by atoms with Gasteiger partial charge in [0.15, 0.2) is 0 Å². The van der Waals surface area contributed by atoms with Gasteiger partial charge in [-0.3, -0.25) is 4.90 Å². The number of nitrogens with zero attached hydrogens (tertiary/aromatic N) is 2. The van der Waals surface area contributed by atoms with Crippen LogP contribution in [0.5, 0.6) is 5.75 Å². The maximum atomic E-state index is 11.8. The van der Waals surface area contributed by atoms with Gasteiger partial charge in [0.25, 0.3) is 0 Å². The summed E-state index contributed by atoms with van der Waals surface area (Å²) in [7, 11) is 3.77. The molecule has 2 aromatic carbocycles. The predicted octanol–water partition coefficient (Wildman–Crippen LogP) is 1.59. The fourth-order valence-corrected chi connectivity index (χ4v) is 2.47. The maximum absolute atomic E-state index is 11.8. The molecule has 140 valence electrons. The number of benzene rings is 2. The summed E-state index contributed by atoms with van der Waals surface area (Å²) in [5.41, 5.74) is 19.3. The molecule has 0 saturated heterocycles. The van der Waals surface area contributed by atoms with Crippen molar-refractivity contribution >= 4 is 28.8 Å². The molecule has 0 spiro atoms. The van der Waals surface area contributed by atoms with Gasteiger partial charge in [-0.2, -0.15) is 0 Å². The first-order valence-electron chi connectivity index (χ1n) is 8.11. The Kier molecular flexibility index (Phi) is 6.13. The lowest BCUT2D eigenvalue weighted by Crippen LogP contribution is -2.44. The summed E-state index contributed by atoms with van der Waals surface area (Å²) < 4.78 is 5.56. The average molecular weight is 359 g/mol. The monoisotopic (exact) mass is 359 g/mol. The molecule has 0 saturated carbocycles. The Morgan fingerprint density at radius 3 is 2.46 bits per heavy atom. The Morgan fingerprint density at radius 1 is 1.15 bits per heavy atom. The fourth-order valence-electron chi connectivity index (χ4n) is 2.47. The SMILES string of the molecule is CN(C)c1cccc(N(C(N)=O)C(O)CCOc2ccc(N)cc2N)c1. The van der Waals surface area contributed by atoms with Crippen LogP contribution in [0, 0.1) is 0 Å². The molecule has 26 heavy (non-hydrogen) atoms. The molecule has 1 unspecified atom stereocenters. The number of ether oxygens (including phenoxy) is 1. The molecule has 2 rings (SSSR count). The number of primary amides is 1. The molecule has 0 fully saturated rings. The number of hydrogen-bond acceptors (Lipinski definition) is 6. The van der Waals surface area contributed by atoms with Gasteiger partial charge in [-0.1, -0.05) is 6.07 Å². The van der Waals surface area contributed by atoms with Crippen LogP contribution in [0.2, 0.25) is 0 Å². The van der Waals surface area contributed by atoms with Crippen LogP contribution < -0.4 is 31.7 Å². The van der Waals surface area contributed by atoms with E-state index >= 15 is 0 Å². The van der Waals surface area contributed by atoms with Crippen molar-refractivity contribution in [2.75, 3.05) is 42.0 Å². The Bertz CT molecular complexity index is 766. The first-order valence-corrected chi connectivity index (χ1v) is 8.11. The highest BCUT2D eigenvalue weighted by Gasteiger charge is 2.22. The Morgan fingerprint density at radius 2 is 1.85 bits per heavy atom. The van der Waals surface area contributed by atoms with Crippen LogP contribution in [0.15, 0.2) is 42.5 Å². The number of anilines is 4. The molecule has 0 heterocycles. The quantitative estimate of drug-likeness (QED) is 0.438. The van der Waals surface area contributed by atoms with Gasteiger partial charge in [0.1, 0.15) is 12.0 Å². The molecular formula is C18H25N5O3. The minimum Gasteiger partial charge on any atom is -0.491 e. The van der Waals surface area contributed by atoms with Gasteiger partial charge in [0, 0.05) is 31.9 Å². The molecule has 7 N–H and O–H groups in total. The lowest BCUT2D eigenvalue weighted by atomic mass is 10.2. The number of carbonyl (C=O) groups excluding carboxylic acids is 1. The molecule has 2 aromatic rings. The number of amides is 2. The fraction of sp³-hybridized carbons (Fsp3) is 0.278. The Hall–Kier alpha value is -3.13. The smallest absolute Gasteiger partial charge is 0.321 e. The van der Waals surface area contributed by atoms with Crippen LogP contribution in [0.3, 0.4) is 0 Å². The van der Waals surface area contributed by atoms with Crippen LogP contribution in [0.1, 0.15) is 6.42 Å². The van der Waals surface area contributed by atoms with E-state index in [1.165, 1.54) is 0 Å². The van der Waals surface area contributed by atoms with Gasteiger partial charge in [-0.15, -0.1) is 0 Å². The maximum Gasteiger partial charge on any atom is 0.321 e. The summed E-state index contributed by atoms with van der Waals surface area (Å²) in [6.07, 6.45) is -0.987. The van der Waals surface area contributed by atoms with E-state index in [1.54, 1.807) is 36.4 Å². The number of rotatable bonds is 7. The second-order valence-corrected chi connectivity index (χ2v) is 6.04. The number of urea groups is 1. The topological polar surface area (TPSA) is 131 Å². The van der Waals surface area contributed by atoms with E-state index in [4.69, 9.17) is 21.9 Å². The van der Waals surface area contributed by atoms with E-state index < -0.39 is 12.3 Å². The lowest BCUT2D eigenvalue weighted by molar-refractivity contribution is 0.138. The van der Waals surface area contributed by atoms with Crippen molar-refractivity contribution < 1.29 is 14.6 Å². The summed E-state index contributed by atoms with van der Waals surface area (Å²) in [6.45, 7) is 0.145. The first kappa shape index (κ1) is 19.2. The van der Waals surface area contributed by atoms with Crippen molar-refractivity contribution in [3.05, 3.63) is 42.5 Å². The summed E-state index contributed by atoms with van der Waals surface area (Å²) in [5, 5.41) is 10.4. The van der Waals surface area contributed by atoms with E-state index in [0.717, 1.165) is 10.6 Å². The molecular weight excluding hydrogens is 334 g/mol. The van der Waals surface area contributed by atoms with E-state index in [9.17, 15) is 9.90 Å². The zero-order chi connectivity index (χ0) is 19.3. The standard InChI is InChI=1S/C18H25N5O3/c1-22(2)13-4-3-5-14(11-13)23(18(21)25)17(24)8-9-26-16-7-6-12(19)10-15(16)20/h3-7,10-11,17,24H,8-9,19-20H2,1-2H3,(H2,21,25). The van der Waals surface area contributed by atoms with Gasteiger partial charge >= 0.3 is 6.03 Å². The largest absolute Gasteiger partial charge is 0.491 e. The van der Waals surface area contributed by atoms with E-state index in [0.29, 0.717) is 22.8 Å². The van der Waals surface area contributed by atoms with E-state index in [2.05, 4.69) is 0 Å². The number of carbonyl (C=O) groups is 1. The average Bonchev–Trinajstić information content (AvgIpc) is 2.57. The zero-order valence-electron chi connectivity index (χ0n) is 14.9. The molecule has 8 heteroatoms. The molecule has 0 aliphatic rings. The van der Waals surface area contributed by atoms with Crippen molar-refractivity contribution in [3.63, 3.8) is 0 Å². The number of hydrogen-bond donors (Lipinski definition) is 4. The van der Waals surface area contributed by atoms with Crippen molar-refractivity contribution in [1.82, 2.24) is 0 Å². The van der Waals surface area contributed by atoms with Gasteiger partial charge in [-0.25, -0.2) is 4.79 Å². The third-order valence-electron chi connectivity index (χ3n) is 3.83. The van der Waals surface area contributed by atoms with Gasteiger partial charge < -0.3 is 31.9 Å². The van der Waals surface area contributed by atoms with Gasteiger partial charge in [0.05, 0.1) is 18.0 Å². The third kappa shape index (κ3) is 4.70. The highest BCUT2D eigenvalue weighted by atomic mass is 16.5. The zero-order valence-corrected chi connectivity index (χ0v) is 14.9. The summed E-state index contributed by atoms with van der Waals surface area (Å²) >= 11 is 0. The summed E-state index contributed by atoms with van der Waals surface area (Å²) in [6, 6.07) is 11.3. The minimum atomic E-state index is -1.14. The molecule has 2 amide bonds. The second kappa shape index (κ2) is 8.30. The molecule has 0 aromatic heterocycles. The predicted molar refractivity (Wildman–Crippen MR) is 104 cm³/mol. The molecule has 0 aliphatic heterocycles. The Balaban J connectivity index is 2.05. The Labute approximate surface area is 152 Å². The number of aliphatic hydroxyl groups excluding tert-OH is 1. The minimum absolute atomic E-state index is 0.145. The van der Waals surface area contributed by atoms with Crippen molar-refractivity contribution in [1.29, 1.82) is 0 Å². The van der Waals surface area contributed by atoms with Crippen LogP contribution >= 0.6 is 0 Å². The van der Waals surface area contributed by atoms with E-state index in [1.807, 2.05) is 25.1 Å². The van der Waals surface area contributed by atoms with Gasteiger partial charge in [0.2, 0.25) is 0 Å². The van der Waals surface area contributed by atoms with Crippen LogP contribution in [0.25, 0.3) is 0 Å². The summed E-state index contributed by atoms with van der Waals surface area (Å²) in [5.74, 6) is 0.464. The molecule has 0 radical (unpaired) electrons. The normalized spacial score (nSPS) is 11.7. The van der Waals surface area contributed by atoms with Crippen molar-refractivity contribution in [2.24, 2.45) is 5.73 Å². The molecule has 8 nitrogen and oxygen atoms in total. The highest BCUT2D eigenvalue weighted by Crippen LogP contribution is 2.25. The lowest BCUT2D eigenvalue weighted by Gasteiger charge is -2.27. The molecule has 1 atom stereocenters.